The molecule has 6 nitrogen and oxygen atoms in total. The van der Waals surface area contributed by atoms with Crippen molar-refractivity contribution in [3.05, 3.63) is 102 Å². The maximum Gasteiger partial charge on any atom is 0.249 e. The monoisotopic (exact) mass is 431 g/mol. The predicted molar refractivity (Wildman–Crippen MR) is 117 cm³/mol. The zero-order valence-corrected chi connectivity index (χ0v) is 17.5. The smallest absolute Gasteiger partial charge is 0.249 e. The molecule has 0 aliphatic heterocycles. The Kier molecular flexibility index (Phi) is 6.55. The van der Waals surface area contributed by atoms with E-state index in [-0.39, 0.29) is 18.1 Å². The van der Waals surface area contributed by atoms with E-state index in [4.69, 9.17) is 9.26 Å². The predicted octanol–water partition coefficient (Wildman–Crippen LogP) is 4.53. The van der Waals surface area contributed by atoms with Gasteiger partial charge in [0.2, 0.25) is 17.6 Å². The van der Waals surface area contributed by atoms with Gasteiger partial charge in [-0.05, 0) is 35.4 Å². The van der Waals surface area contributed by atoms with Gasteiger partial charge in [-0.1, -0.05) is 59.8 Å². The Morgan fingerprint density at radius 3 is 2.56 bits per heavy atom. The number of hydrogen-bond acceptors (Lipinski definition) is 5. The fourth-order valence-electron chi connectivity index (χ4n) is 3.34. The highest BCUT2D eigenvalue weighted by Gasteiger charge is 2.22. The van der Waals surface area contributed by atoms with Gasteiger partial charge in [0, 0.05) is 12.0 Å². The first kappa shape index (κ1) is 21.2. The number of carbonyl (C=O) groups excluding carboxylic acids is 1. The van der Waals surface area contributed by atoms with Crippen molar-refractivity contribution in [2.75, 3.05) is 7.11 Å². The Hall–Kier alpha value is -4.00. The Balaban J connectivity index is 1.56. The van der Waals surface area contributed by atoms with Crippen LogP contribution in [0.3, 0.4) is 0 Å². The summed E-state index contributed by atoms with van der Waals surface area (Å²) in [5.74, 6) is 0.830. The van der Waals surface area contributed by atoms with E-state index in [0.29, 0.717) is 29.4 Å². The van der Waals surface area contributed by atoms with Crippen LogP contribution in [0, 0.1) is 5.82 Å². The van der Waals surface area contributed by atoms with Crippen LogP contribution in [-0.4, -0.2) is 23.2 Å². The van der Waals surface area contributed by atoms with Gasteiger partial charge in [0.25, 0.3) is 0 Å². The SMILES string of the molecule is COc1cccc(-c2noc([C@H](Cc3ccccc3)NC(=O)Cc3ccc(F)cc3)n2)c1. The second-order valence-corrected chi connectivity index (χ2v) is 7.30. The summed E-state index contributed by atoms with van der Waals surface area (Å²) < 4.78 is 23.9. The van der Waals surface area contributed by atoms with Crippen LogP contribution in [0.25, 0.3) is 11.4 Å². The fraction of sp³-hybridized carbons (Fsp3) is 0.160. The van der Waals surface area contributed by atoms with E-state index in [1.54, 1.807) is 19.2 Å². The van der Waals surface area contributed by atoms with Gasteiger partial charge in [-0.3, -0.25) is 4.79 Å². The van der Waals surface area contributed by atoms with Crippen molar-refractivity contribution in [3.63, 3.8) is 0 Å². The number of halogens is 1. The number of benzene rings is 3. The van der Waals surface area contributed by atoms with Crippen molar-refractivity contribution < 1.29 is 18.4 Å². The van der Waals surface area contributed by atoms with E-state index >= 15 is 0 Å². The summed E-state index contributed by atoms with van der Waals surface area (Å²) in [6.45, 7) is 0. The summed E-state index contributed by atoms with van der Waals surface area (Å²) in [5, 5.41) is 7.07. The number of nitrogens with zero attached hydrogens (tertiary/aromatic N) is 2. The number of amides is 1. The van der Waals surface area contributed by atoms with Crippen LogP contribution in [0.2, 0.25) is 0 Å². The highest BCUT2D eigenvalue weighted by molar-refractivity contribution is 5.79. The fourth-order valence-corrected chi connectivity index (χ4v) is 3.34. The molecule has 0 radical (unpaired) electrons. The molecule has 0 aliphatic carbocycles. The third kappa shape index (κ3) is 5.37. The molecule has 0 saturated carbocycles. The summed E-state index contributed by atoms with van der Waals surface area (Å²) in [6, 6.07) is 22.4. The molecule has 1 atom stereocenters. The number of hydrogen-bond donors (Lipinski definition) is 1. The quantitative estimate of drug-likeness (QED) is 0.444. The van der Waals surface area contributed by atoms with Crippen molar-refractivity contribution in [1.29, 1.82) is 0 Å². The van der Waals surface area contributed by atoms with Crippen LogP contribution in [-0.2, 0) is 17.6 Å². The third-order valence-corrected chi connectivity index (χ3v) is 4.96. The molecule has 0 unspecified atom stereocenters. The summed E-state index contributed by atoms with van der Waals surface area (Å²) in [4.78, 5) is 17.2. The van der Waals surface area contributed by atoms with Gasteiger partial charge in [0.05, 0.1) is 13.5 Å². The zero-order chi connectivity index (χ0) is 22.3. The molecule has 1 aromatic heterocycles. The Morgan fingerprint density at radius 1 is 1.03 bits per heavy atom. The van der Waals surface area contributed by atoms with E-state index in [1.807, 2.05) is 54.6 Å². The van der Waals surface area contributed by atoms with Crippen LogP contribution in [0.15, 0.2) is 83.4 Å². The topological polar surface area (TPSA) is 77.3 Å². The van der Waals surface area contributed by atoms with Gasteiger partial charge in [0.1, 0.15) is 17.6 Å². The largest absolute Gasteiger partial charge is 0.497 e. The van der Waals surface area contributed by atoms with Crippen LogP contribution >= 0.6 is 0 Å². The number of nitrogens with one attached hydrogen (secondary N) is 1. The highest BCUT2D eigenvalue weighted by Crippen LogP contribution is 2.24. The molecule has 0 spiro atoms. The van der Waals surface area contributed by atoms with Crippen molar-refractivity contribution in [1.82, 2.24) is 15.5 Å². The first-order valence-corrected chi connectivity index (χ1v) is 10.2. The third-order valence-electron chi connectivity index (χ3n) is 4.96. The van der Waals surface area contributed by atoms with Gasteiger partial charge in [0.15, 0.2) is 0 Å². The average molecular weight is 431 g/mol. The first-order valence-electron chi connectivity index (χ1n) is 10.2. The van der Waals surface area contributed by atoms with Crippen molar-refractivity contribution in [2.45, 2.75) is 18.9 Å². The van der Waals surface area contributed by atoms with Gasteiger partial charge in [-0.25, -0.2) is 4.39 Å². The van der Waals surface area contributed by atoms with Crippen LogP contribution in [0.4, 0.5) is 4.39 Å². The molecule has 1 N–H and O–H groups in total. The molecule has 4 rings (SSSR count). The maximum atomic E-state index is 13.2. The molecule has 32 heavy (non-hydrogen) atoms. The molecule has 1 heterocycles. The normalized spacial score (nSPS) is 11.7. The van der Waals surface area contributed by atoms with Crippen LogP contribution in [0.1, 0.15) is 23.1 Å². The van der Waals surface area contributed by atoms with Crippen molar-refractivity contribution in [2.24, 2.45) is 0 Å². The number of methoxy groups -OCH3 is 1. The van der Waals surface area contributed by atoms with Gasteiger partial charge < -0.3 is 14.6 Å². The molecule has 0 saturated heterocycles. The maximum absolute atomic E-state index is 13.2. The summed E-state index contributed by atoms with van der Waals surface area (Å²) in [5.41, 5.74) is 2.47. The van der Waals surface area contributed by atoms with E-state index in [2.05, 4.69) is 15.5 Å². The zero-order valence-electron chi connectivity index (χ0n) is 17.5. The molecule has 0 fully saturated rings. The van der Waals surface area contributed by atoms with Crippen LogP contribution < -0.4 is 10.1 Å². The van der Waals surface area contributed by atoms with Crippen LogP contribution in [0.5, 0.6) is 5.75 Å². The molecular formula is C25H22FN3O3. The number of carbonyl (C=O) groups is 1. The summed E-state index contributed by atoms with van der Waals surface area (Å²) >= 11 is 0. The van der Waals surface area contributed by atoms with Crippen molar-refractivity contribution >= 4 is 5.91 Å². The summed E-state index contributed by atoms with van der Waals surface area (Å²) in [6.07, 6.45) is 0.595. The van der Waals surface area contributed by atoms with Gasteiger partial charge in [-0.15, -0.1) is 0 Å². The minimum absolute atomic E-state index is 0.114. The Bertz CT molecular complexity index is 1180. The standard InChI is InChI=1S/C25H22FN3O3/c1-31-21-9-5-8-19(16-21)24-28-25(32-29-24)22(14-17-6-3-2-4-7-17)27-23(30)15-18-10-12-20(26)13-11-18/h2-13,16,22H,14-15H2,1H3,(H,27,30)/t22-/m0/s1. The number of rotatable bonds is 8. The Labute approximate surface area is 185 Å². The van der Waals surface area contributed by atoms with Gasteiger partial charge >= 0.3 is 0 Å². The molecule has 7 heteroatoms. The second kappa shape index (κ2) is 9.87. The molecular weight excluding hydrogens is 409 g/mol. The molecule has 1 amide bonds. The highest BCUT2D eigenvalue weighted by atomic mass is 19.1. The second-order valence-electron chi connectivity index (χ2n) is 7.30. The molecule has 0 aliphatic rings. The summed E-state index contributed by atoms with van der Waals surface area (Å²) in [7, 11) is 1.59. The minimum atomic E-state index is -0.516. The molecule has 0 bridgehead atoms. The van der Waals surface area contributed by atoms with E-state index < -0.39 is 6.04 Å². The lowest BCUT2D eigenvalue weighted by molar-refractivity contribution is -0.121. The van der Waals surface area contributed by atoms with Crippen molar-refractivity contribution in [3.8, 4) is 17.1 Å². The lowest BCUT2D eigenvalue weighted by Gasteiger charge is -2.15. The number of aromatic nitrogens is 2. The van der Waals surface area contributed by atoms with E-state index in [9.17, 15) is 9.18 Å². The average Bonchev–Trinajstić information content (AvgIpc) is 3.31. The number of ether oxygens (including phenoxy) is 1. The van der Waals surface area contributed by atoms with E-state index in [0.717, 1.165) is 11.1 Å². The van der Waals surface area contributed by atoms with Gasteiger partial charge in [-0.2, -0.15) is 4.98 Å². The van der Waals surface area contributed by atoms with E-state index in [1.165, 1.54) is 12.1 Å². The lowest BCUT2D eigenvalue weighted by Crippen LogP contribution is -2.31. The molecule has 162 valence electrons. The molecule has 3 aromatic carbocycles. The Morgan fingerprint density at radius 2 is 1.81 bits per heavy atom. The first-order chi connectivity index (χ1) is 15.6. The molecule has 4 aromatic rings. The minimum Gasteiger partial charge on any atom is -0.497 e. The lowest BCUT2D eigenvalue weighted by atomic mass is 10.0.